The van der Waals surface area contributed by atoms with Gasteiger partial charge in [-0.3, -0.25) is 14.3 Å². The minimum absolute atomic E-state index is 0.140. The SMILES string of the molecule is CCOc1ccc(/C=N/NC(=O)CSc2nnc(-c3ccncc3)n2-c2ccc(C)cc2)cc1. The molecule has 0 aliphatic rings. The van der Waals surface area contributed by atoms with E-state index in [9.17, 15) is 4.79 Å². The maximum atomic E-state index is 12.4. The Labute approximate surface area is 202 Å². The molecular formula is C25H24N6O2S. The number of hydrazone groups is 1. The zero-order valence-corrected chi connectivity index (χ0v) is 19.7. The van der Waals surface area contributed by atoms with Gasteiger partial charge in [0.1, 0.15) is 5.75 Å². The number of carbonyl (C=O) groups excluding carboxylic acids is 1. The molecule has 9 heteroatoms. The molecule has 1 N–H and O–H groups in total. The van der Waals surface area contributed by atoms with Gasteiger partial charge in [-0.25, -0.2) is 5.43 Å². The number of hydrogen-bond donors (Lipinski definition) is 1. The third-order valence-electron chi connectivity index (χ3n) is 4.79. The van der Waals surface area contributed by atoms with Crippen molar-refractivity contribution in [3.8, 4) is 22.8 Å². The highest BCUT2D eigenvalue weighted by atomic mass is 32.2. The van der Waals surface area contributed by atoms with Crippen molar-refractivity contribution in [3.05, 3.63) is 84.2 Å². The number of amides is 1. The molecule has 0 saturated heterocycles. The molecule has 2 aromatic heterocycles. The van der Waals surface area contributed by atoms with E-state index in [4.69, 9.17) is 4.74 Å². The quantitative estimate of drug-likeness (QED) is 0.222. The highest BCUT2D eigenvalue weighted by molar-refractivity contribution is 7.99. The van der Waals surface area contributed by atoms with Gasteiger partial charge in [-0.05, 0) is 67.9 Å². The van der Waals surface area contributed by atoms with Crippen molar-refractivity contribution in [1.29, 1.82) is 0 Å². The monoisotopic (exact) mass is 472 g/mol. The Morgan fingerprint density at radius 3 is 2.50 bits per heavy atom. The number of hydrogen-bond acceptors (Lipinski definition) is 7. The van der Waals surface area contributed by atoms with E-state index < -0.39 is 0 Å². The highest BCUT2D eigenvalue weighted by Gasteiger charge is 2.17. The Balaban J connectivity index is 1.44. The molecule has 4 rings (SSSR count). The number of thioether (sulfide) groups is 1. The second-order valence-electron chi connectivity index (χ2n) is 7.30. The molecule has 0 fully saturated rings. The summed E-state index contributed by atoms with van der Waals surface area (Å²) in [4.78, 5) is 16.5. The summed E-state index contributed by atoms with van der Waals surface area (Å²) in [5, 5.41) is 13.4. The van der Waals surface area contributed by atoms with Crippen molar-refractivity contribution in [2.24, 2.45) is 5.10 Å². The number of ether oxygens (including phenoxy) is 1. The summed E-state index contributed by atoms with van der Waals surface area (Å²) in [5.41, 5.74) is 6.38. The lowest BCUT2D eigenvalue weighted by atomic mass is 10.2. The van der Waals surface area contributed by atoms with Crippen LogP contribution < -0.4 is 10.2 Å². The summed E-state index contributed by atoms with van der Waals surface area (Å²) < 4.78 is 7.36. The molecule has 4 aromatic rings. The lowest BCUT2D eigenvalue weighted by molar-refractivity contribution is -0.118. The Hall–Kier alpha value is -3.98. The first-order chi connectivity index (χ1) is 16.6. The number of carbonyl (C=O) groups is 1. The maximum absolute atomic E-state index is 12.4. The van der Waals surface area contributed by atoms with E-state index in [0.29, 0.717) is 17.6 Å². The fraction of sp³-hybridized carbons (Fsp3) is 0.160. The van der Waals surface area contributed by atoms with Gasteiger partial charge >= 0.3 is 0 Å². The molecular weight excluding hydrogens is 448 g/mol. The van der Waals surface area contributed by atoms with Crippen LogP contribution in [-0.2, 0) is 4.79 Å². The average molecular weight is 473 g/mol. The largest absolute Gasteiger partial charge is 0.494 e. The van der Waals surface area contributed by atoms with Crippen molar-refractivity contribution in [3.63, 3.8) is 0 Å². The van der Waals surface area contributed by atoms with E-state index in [2.05, 4.69) is 25.7 Å². The topological polar surface area (TPSA) is 94.3 Å². The van der Waals surface area contributed by atoms with Gasteiger partial charge in [-0.1, -0.05) is 29.5 Å². The molecule has 0 bridgehead atoms. The molecule has 172 valence electrons. The minimum Gasteiger partial charge on any atom is -0.494 e. The summed E-state index contributed by atoms with van der Waals surface area (Å²) >= 11 is 1.29. The number of nitrogens with one attached hydrogen (secondary N) is 1. The highest BCUT2D eigenvalue weighted by Crippen LogP contribution is 2.27. The number of nitrogens with zero attached hydrogens (tertiary/aromatic N) is 5. The molecule has 34 heavy (non-hydrogen) atoms. The van der Waals surface area contributed by atoms with Gasteiger partial charge in [0.25, 0.3) is 5.91 Å². The summed E-state index contributed by atoms with van der Waals surface area (Å²) in [6, 6.07) is 19.3. The number of pyridine rings is 1. The number of benzene rings is 2. The fourth-order valence-corrected chi connectivity index (χ4v) is 3.88. The molecule has 0 spiro atoms. The van der Waals surface area contributed by atoms with Crippen LogP contribution in [0.1, 0.15) is 18.1 Å². The van der Waals surface area contributed by atoms with Crippen LogP contribution in [0.2, 0.25) is 0 Å². The van der Waals surface area contributed by atoms with E-state index in [1.165, 1.54) is 11.8 Å². The summed E-state index contributed by atoms with van der Waals surface area (Å²) in [6.07, 6.45) is 5.02. The molecule has 0 saturated carbocycles. The van der Waals surface area contributed by atoms with Crippen LogP contribution in [0.5, 0.6) is 5.75 Å². The van der Waals surface area contributed by atoms with Crippen molar-refractivity contribution in [2.75, 3.05) is 12.4 Å². The van der Waals surface area contributed by atoms with E-state index in [-0.39, 0.29) is 11.7 Å². The number of rotatable bonds is 9. The van der Waals surface area contributed by atoms with Gasteiger partial charge in [0.15, 0.2) is 11.0 Å². The fourth-order valence-electron chi connectivity index (χ4n) is 3.14. The van der Waals surface area contributed by atoms with Crippen molar-refractivity contribution < 1.29 is 9.53 Å². The van der Waals surface area contributed by atoms with E-state index in [1.54, 1.807) is 18.6 Å². The van der Waals surface area contributed by atoms with Crippen LogP contribution in [0.3, 0.4) is 0 Å². The van der Waals surface area contributed by atoms with Crippen molar-refractivity contribution in [1.82, 2.24) is 25.2 Å². The maximum Gasteiger partial charge on any atom is 0.250 e. The summed E-state index contributed by atoms with van der Waals surface area (Å²) in [5.74, 6) is 1.38. The molecule has 8 nitrogen and oxygen atoms in total. The smallest absolute Gasteiger partial charge is 0.250 e. The molecule has 0 aliphatic heterocycles. The van der Waals surface area contributed by atoms with Crippen LogP contribution >= 0.6 is 11.8 Å². The first-order valence-electron chi connectivity index (χ1n) is 10.7. The lowest BCUT2D eigenvalue weighted by Gasteiger charge is -2.10. The average Bonchev–Trinajstić information content (AvgIpc) is 3.29. The van der Waals surface area contributed by atoms with Crippen molar-refractivity contribution in [2.45, 2.75) is 19.0 Å². The number of aryl methyl sites for hydroxylation is 1. The molecule has 0 atom stereocenters. The van der Waals surface area contributed by atoms with E-state index in [1.807, 2.05) is 79.1 Å². The van der Waals surface area contributed by atoms with Gasteiger partial charge in [0.2, 0.25) is 0 Å². The molecule has 0 aliphatic carbocycles. The first kappa shape index (κ1) is 23.2. The Morgan fingerprint density at radius 1 is 1.06 bits per heavy atom. The van der Waals surface area contributed by atoms with Crippen molar-refractivity contribution >= 4 is 23.9 Å². The predicted molar refractivity (Wildman–Crippen MR) is 133 cm³/mol. The van der Waals surface area contributed by atoms with E-state index in [0.717, 1.165) is 28.1 Å². The molecule has 0 radical (unpaired) electrons. The standard InChI is InChI=1S/C25H24N6O2S/c1-3-33-22-10-6-19(7-11-22)16-27-28-23(32)17-34-25-30-29-24(20-12-14-26-15-13-20)31(25)21-8-4-18(2)5-9-21/h4-16H,3,17H2,1-2H3,(H,28,32)/b27-16+. The summed E-state index contributed by atoms with van der Waals surface area (Å²) in [6.45, 7) is 4.59. The minimum atomic E-state index is -0.240. The zero-order valence-electron chi connectivity index (χ0n) is 18.9. The third kappa shape index (κ3) is 5.87. The van der Waals surface area contributed by atoms with Gasteiger partial charge in [-0.15, -0.1) is 10.2 Å². The lowest BCUT2D eigenvalue weighted by Crippen LogP contribution is -2.20. The Bertz CT molecular complexity index is 1260. The zero-order chi connectivity index (χ0) is 23.8. The molecule has 2 heterocycles. The molecule has 0 unspecified atom stereocenters. The van der Waals surface area contributed by atoms with Crippen LogP contribution in [0.25, 0.3) is 17.1 Å². The van der Waals surface area contributed by atoms with E-state index >= 15 is 0 Å². The van der Waals surface area contributed by atoms with Gasteiger partial charge in [0, 0.05) is 23.6 Å². The van der Waals surface area contributed by atoms with Crippen LogP contribution in [0.15, 0.2) is 83.3 Å². The Morgan fingerprint density at radius 2 is 1.79 bits per heavy atom. The van der Waals surface area contributed by atoms with Gasteiger partial charge in [-0.2, -0.15) is 5.10 Å². The third-order valence-corrected chi connectivity index (χ3v) is 5.72. The van der Waals surface area contributed by atoms with Gasteiger partial charge < -0.3 is 4.74 Å². The predicted octanol–water partition coefficient (Wildman–Crippen LogP) is 4.28. The normalized spacial score (nSPS) is 11.0. The van der Waals surface area contributed by atoms with Gasteiger partial charge in [0.05, 0.1) is 18.6 Å². The number of aromatic nitrogens is 4. The van der Waals surface area contributed by atoms with Crippen LogP contribution in [0, 0.1) is 6.92 Å². The van der Waals surface area contributed by atoms with Crippen LogP contribution in [-0.4, -0.2) is 44.2 Å². The second-order valence-corrected chi connectivity index (χ2v) is 8.24. The van der Waals surface area contributed by atoms with Crippen LogP contribution in [0.4, 0.5) is 0 Å². The Kier molecular flexibility index (Phi) is 7.67. The first-order valence-corrected chi connectivity index (χ1v) is 11.7. The second kappa shape index (κ2) is 11.2. The molecule has 1 amide bonds. The molecule has 2 aromatic carbocycles. The summed E-state index contributed by atoms with van der Waals surface area (Å²) in [7, 11) is 0.